The van der Waals surface area contributed by atoms with Gasteiger partial charge in [-0.25, -0.2) is 4.39 Å². The number of aliphatic hydroxyl groups excluding tert-OH is 2. The Kier molecular flexibility index (Phi) is 2.86. The average Bonchev–Trinajstić information content (AvgIpc) is 2.28. The molecule has 1 unspecified atom stereocenters. The normalized spacial score (nSPS) is 25.8. The van der Waals surface area contributed by atoms with E-state index in [1.165, 1.54) is 12.1 Å². The van der Waals surface area contributed by atoms with Crippen molar-refractivity contribution in [3.8, 4) is 5.75 Å². The number of benzene rings is 1. The molecule has 0 fully saturated rings. The van der Waals surface area contributed by atoms with Crippen molar-refractivity contribution >= 4 is 0 Å². The fraction of sp³-hybridized carbons (Fsp3) is 0.500. The second-order valence-corrected chi connectivity index (χ2v) is 4.37. The van der Waals surface area contributed by atoms with Crippen LogP contribution in [0, 0.1) is 5.82 Å². The van der Waals surface area contributed by atoms with Crippen LogP contribution < -0.4 is 4.74 Å². The molecular formula is C12H15FO3. The molecule has 0 spiro atoms. The molecule has 4 heteroatoms. The van der Waals surface area contributed by atoms with Gasteiger partial charge in [0.25, 0.3) is 0 Å². The molecule has 1 aromatic carbocycles. The Balaban J connectivity index is 2.27. The number of hydrogen-bond donors (Lipinski definition) is 2. The monoisotopic (exact) mass is 226 g/mol. The molecule has 0 aliphatic carbocycles. The van der Waals surface area contributed by atoms with Crippen molar-refractivity contribution in [1.29, 1.82) is 0 Å². The van der Waals surface area contributed by atoms with Gasteiger partial charge in [-0.2, -0.15) is 0 Å². The highest BCUT2D eigenvalue weighted by molar-refractivity contribution is 5.36. The zero-order valence-electron chi connectivity index (χ0n) is 9.11. The molecule has 1 heterocycles. The van der Waals surface area contributed by atoms with Crippen LogP contribution in [0.4, 0.5) is 4.39 Å². The first-order valence-corrected chi connectivity index (χ1v) is 5.31. The number of hydrogen-bond acceptors (Lipinski definition) is 3. The largest absolute Gasteiger partial charge is 0.484 e. The summed E-state index contributed by atoms with van der Waals surface area (Å²) in [5, 5.41) is 18.6. The summed E-state index contributed by atoms with van der Waals surface area (Å²) < 4.78 is 18.6. The van der Waals surface area contributed by atoms with Crippen LogP contribution >= 0.6 is 0 Å². The third-order valence-corrected chi connectivity index (χ3v) is 3.13. The molecule has 0 saturated heterocycles. The second-order valence-electron chi connectivity index (χ2n) is 4.37. The lowest BCUT2D eigenvalue weighted by Gasteiger charge is -2.38. The van der Waals surface area contributed by atoms with Crippen LogP contribution in [-0.2, 0) is 6.42 Å². The van der Waals surface area contributed by atoms with E-state index >= 15 is 0 Å². The van der Waals surface area contributed by atoms with Gasteiger partial charge < -0.3 is 14.9 Å². The molecule has 3 nitrogen and oxygen atoms in total. The molecule has 88 valence electrons. The zero-order chi connectivity index (χ0) is 11.8. The van der Waals surface area contributed by atoms with Crippen LogP contribution in [0.1, 0.15) is 18.9 Å². The Morgan fingerprint density at radius 1 is 1.56 bits per heavy atom. The van der Waals surface area contributed by atoms with Crippen molar-refractivity contribution in [1.82, 2.24) is 0 Å². The minimum Gasteiger partial charge on any atom is -0.484 e. The molecule has 0 bridgehead atoms. The van der Waals surface area contributed by atoms with Crippen LogP contribution in [0.2, 0.25) is 0 Å². The molecule has 16 heavy (non-hydrogen) atoms. The number of ether oxygens (including phenoxy) is 1. The third kappa shape index (κ3) is 1.90. The molecular weight excluding hydrogens is 211 g/mol. The first-order chi connectivity index (χ1) is 7.55. The summed E-state index contributed by atoms with van der Waals surface area (Å²) in [6.45, 7) is 1.41. The van der Waals surface area contributed by atoms with E-state index < -0.39 is 11.7 Å². The predicted octanol–water partition coefficient (Wildman–Crippen LogP) is 1.26. The first kappa shape index (κ1) is 11.4. The number of fused-ring (bicyclic) bond motifs is 1. The summed E-state index contributed by atoms with van der Waals surface area (Å²) in [6.07, 6.45) is 0.275. The Morgan fingerprint density at radius 2 is 2.31 bits per heavy atom. The van der Waals surface area contributed by atoms with Crippen molar-refractivity contribution in [3.63, 3.8) is 0 Å². The quantitative estimate of drug-likeness (QED) is 0.798. The van der Waals surface area contributed by atoms with Crippen molar-refractivity contribution < 1.29 is 19.3 Å². The molecule has 1 aliphatic rings. The maximum Gasteiger partial charge on any atom is 0.135 e. The molecule has 1 aliphatic heterocycles. The van der Waals surface area contributed by atoms with Crippen LogP contribution in [0.25, 0.3) is 0 Å². The predicted molar refractivity (Wildman–Crippen MR) is 56.8 cm³/mol. The van der Waals surface area contributed by atoms with E-state index in [1.54, 1.807) is 13.0 Å². The van der Waals surface area contributed by atoms with Crippen molar-refractivity contribution in [2.24, 2.45) is 0 Å². The number of aryl methyl sites for hydroxylation is 1. The van der Waals surface area contributed by atoms with E-state index in [-0.39, 0.29) is 12.4 Å². The van der Waals surface area contributed by atoms with E-state index in [1.807, 2.05) is 0 Å². The second kappa shape index (κ2) is 4.03. The Morgan fingerprint density at radius 3 is 3.00 bits per heavy atom. The van der Waals surface area contributed by atoms with Gasteiger partial charge in [0.05, 0.1) is 6.61 Å². The highest BCUT2D eigenvalue weighted by atomic mass is 19.1. The van der Waals surface area contributed by atoms with Crippen LogP contribution in [0.3, 0.4) is 0 Å². The molecule has 0 aromatic heterocycles. The first-order valence-electron chi connectivity index (χ1n) is 5.31. The molecule has 0 amide bonds. The van der Waals surface area contributed by atoms with Crippen molar-refractivity contribution in [2.75, 3.05) is 6.61 Å². The standard InChI is InChI=1S/C12H15FO3/c1-12(11(15)7-14)5-4-8-6-9(13)2-3-10(8)16-12/h2-3,6,11,14-15H,4-5,7H2,1H3/t11-,12?/m0/s1. The Hall–Kier alpha value is -1.13. The smallest absolute Gasteiger partial charge is 0.135 e. The third-order valence-electron chi connectivity index (χ3n) is 3.13. The lowest BCUT2D eigenvalue weighted by atomic mass is 9.88. The van der Waals surface area contributed by atoms with Gasteiger partial charge in [0.1, 0.15) is 23.3 Å². The van der Waals surface area contributed by atoms with Gasteiger partial charge in [-0.3, -0.25) is 0 Å². The van der Waals surface area contributed by atoms with Gasteiger partial charge in [0.2, 0.25) is 0 Å². The van der Waals surface area contributed by atoms with E-state index in [0.29, 0.717) is 18.6 Å². The Bertz CT molecular complexity index is 394. The summed E-state index contributed by atoms with van der Waals surface area (Å²) in [4.78, 5) is 0. The topological polar surface area (TPSA) is 49.7 Å². The molecule has 0 radical (unpaired) electrons. The van der Waals surface area contributed by atoms with Gasteiger partial charge >= 0.3 is 0 Å². The van der Waals surface area contributed by atoms with Gasteiger partial charge in [-0.15, -0.1) is 0 Å². The summed E-state index contributed by atoms with van der Waals surface area (Å²) in [6, 6.07) is 4.34. The Labute approximate surface area is 93.5 Å². The molecule has 1 aromatic rings. The fourth-order valence-electron chi connectivity index (χ4n) is 1.96. The lowest BCUT2D eigenvalue weighted by molar-refractivity contribution is -0.0763. The zero-order valence-corrected chi connectivity index (χ0v) is 9.11. The van der Waals surface area contributed by atoms with E-state index in [4.69, 9.17) is 9.84 Å². The van der Waals surface area contributed by atoms with Crippen LogP contribution in [-0.4, -0.2) is 28.5 Å². The highest BCUT2D eigenvalue weighted by Gasteiger charge is 2.38. The van der Waals surface area contributed by atoms with Gasteiger partial charge in [-0.1, -0.05) is 0 Å². The summed E-state index contributed by atoms with van der Waals surface area (Å²) in [7, 11) is 0. The maximum atomic E-state index is 13.0. The molecule has 2 atom stereocenters. The van der Waals surface area contributed by atoms with Crippen LogP contribution in [0.5, 0.6) is 5.75 Å². The average molecular weight is 226 g/mol. The highest BCUT2D eigenvalue weighted by Crippen LogP contribution is 2.35. The fourth-order valence-corrected chi connectivity index (χ4v) is 1.96. The van der Waals surface area contributed by atoms with Gasteiger partial charge in [0.15, 0.2) is 0 Å². The van der Waals surface area contributed by atoms with Gasteiger partial charge in [-0.05, 0) is 43.5 Å². The lowest BCUT2D eigenvalue weighted by Crippen LogP contribution is -2.49. The number of rotatable bonds is 2. The number of halogens is 1. The summed E-state index contributed by atoms with van der Waals surface area (Å²) >= 11 is 0. The van der Waals surface area contributed by atoms with Crippen LogP contribution in [0.15, 0.2) is 18.2 Å². The van der Waals surface area contributed by atoms with E-state index in [0.717, 1.165) is 5.56 Å². The molecule has 0 saturated carbocycles. The van der Waals surface area contributed by atoms with Crippen molar-refractivity contribution in [3.05, 3.63) is 29.6 Å². The minimum atomic E-state index is -0.925. The molecule has 2 rings (SSSR count). The van der Waals surface area contributed by atoms with E-state index in [2.05, 4.69) is 0 Å². The summed E-state index contributed by atoms with van der Waals surface area (Å²) in [5.74, 6) is 0.302. The minimum absolute atomic E-state index is 0.284. The number of aliphatic hydroxyl groups is 2. The van der Waals surface area contributed by atoms with E-state index in [9.17, 15) is 9.50 Å². The van der Waals surface area contributed by atoms with Crippen molar-refractivity contribution in [2.45, 2.75) is 31.5 Å². The maximum absolute atomic E-state index is 13.0. The summed E-state index contributed by atoms with van der Waals surface area (Å²) in [5.41, 5.74) is 0.0159. The van der Waals surface area contributed by atoms with Gasteiger partial charge in [0, 0.05) is 0 Å². The SMILES string of the molecule is CC1([C@@H](O)CO)CCc2cc(F)ccc2O1. The molecule has 2 N–H and O–H groups in total.